The van der Waals surface area contributed by atoms with Gasteiger partial charge in [0.2, 0.25) is 0 Å². The van der Waals surface area contributed by atoms with Gasteiger partial charge in [-0.3, -0.25) is 0 Å². The number of fused-ring (bicyclic) bond motifs is 1. The number of methoxy groups -OCH3 is 1. The van der Waals surface area contributed by atoms with E-state index in [0.29, 0.717) is 6.54 Å². The number of rotatable bonds is 3. The van der Waals surface area contributed by atoms with Crippen molar-refractivity contribution in [3.05, 3.63) is 48.4 Å². The van der Waals surface area contributed by atoms with Crippen LogP contribution in [0.5, 0.6) is 5.75 Å². The second kappa shape index (κ2) is 4.70. The van der Waals surface area contributed by atoms with E-state index in [2.05, 4.69) is 10.1 Å². The Labute approximate surface area is 110 Å². The molecular weight excluding hydrogens is 240 g/mol. The fourth-order valence-electron chi connectivity index (χ4n) is 2.10. The number of hydrogen-bond acceptors (Lipinski definition) is 4. The number of ether oxygens (including phenoxy) is 1. The zero-order valence-electron chi connectivity index (χ0n) is 10.6. The Balaban J connectivity index is 2.15. The van der Waals surface area contributed by atoms with Crippen LogP contribution in [0.2, 0.25) is 0 Å². The van der Waals surface area contributed by atoms with E-state index < -0.39 is 0 Å². The summed E-state index contributed by atoms with van der Waals surface area (Å²) in [5, 5.41) is 4.54. The molecule has 0 unspecified atom stereocenters. The molecule has 3 rings (SSSR count). The molecule has 5 nitrogen and oxygen atoms in total. The van der Waals surface area contributed by atoms with Gasteiger partial charge in [0.15, 0.2) is 0 Å². The minimum atomic E-state index is 0.409. The Morgan fingerprint density at radius 1 is 1.21 bits per heavy atom. The molecule has 2 heterocycles. The summed E-state index contributed by atoms with van der Waals surface area (Å²) in [5.41, 5.74) is 9.20. The molecule has 2 N–H and O–H groups in total. The van der Waals surface area contributed by atoms with Gasteiger partial charge in [0.25, 0.3) is 0 Å². The first-order valence-corrected chi connectivity index (χ1v) is 6.00. The van der Waals surface area contributed by atoms with Gasteiger partial charge in [0.1, 0.15) is 12.1 Å². The molecular formula is C14H14N4O. The molecule has 0 aliphatic carbocycles. The number of para-hydroxylation sites is 1. The van der Waals surface area contributed by atoms with Gasteiger partial charge < -0.3 is 10.5 Å². The lowest BCUT2D eigenvalue weighted by molar-refractivity contribution is 0.416. The van der Waals surface area contributed by atoms with Crippen LogP contribution in [0.3, 0.4) is 0 Å². The van der Waals surface area contributed by atoms with Crippen LogP contribution >= 0.6 is 0 Å². The van der Waals surface area contributed by atoms with E-state index in [1.165, 1.54) is 0 Å². The van der Waals surface area contributed by atoms with Gasteiger partial charge in [-0.2, -0.15) is 5.10 Å². The van der Waals surface area contributed by atoms with Crippen molar-refractivity contribution in [3.63, 3.8) is 0 Å². The van der Waals surface area contributed by atoms with Gasteiger partial charge in [-0.1, -0.05) is 12.1 Å². The number of nitrogens with two attached hydrogens (primary N) is 1. The van der Waals surface area contributed by atoms with E-state index in [1.54, 1.807) is 18.0 Å². The summed E-state index contributed by atoms with van der Waals surface area (Å²) in [6.07, 6.45) is 1.68. The predicted molar refractivity (Wildman–Crippen MR) is 72.9 cm³/mol. The summed E-state index contributed by atoms with van der Waals surface area (Å²) >= 11 is 0. The topological polar surface area (TPSA) is 65.4 Å². The van der Waals surface area contributed by atoms with Gasteiger partial charge in [-0.15, -0.1) is 0 Å². The van der Waals surface area contributed by atoms with Crippen LogP contribution in [0.4, 0.5) is 0 Å². The number of hydrogen-bond donors (Lipinski definition) is 1. The van der Waals surface area contributed by atoms with Crippen molar-refractivity contribution in [1.82, 2.24) is 14.6 Å². The Kier molecular flexibility index (Phi) is 2.89. The van der Waals surface area contributed by atoms with Crippen LogP contribution in [0.1, 0.15) is 5.69 Å². The maximum absolute atomic E-state index is 5.63. The molecule has 96 valence electrons. The quantitative estimate of drug-likeness (QED) is 0.774. The van der Waals surface area contributed by atoms with Gasteiger partial charge in [-0.05, 0) is 24.3 Å². The number of nitrogens with zero attached hydrogens (tertiary/aromatic N) is 3. The molecule has 5 heteroatoms. The lowest BCUT2D eigenvalue weighted by Gasteiger charge is -2.07. The first-order valence-electron chi connectivity index (χ1n) is 6.00. The summed E-state index contributed by atoms with van der Waals surface area (Å²) in [4.78, 5) is 4.24. The molecule has 2 aromatic heterocycles. The smallest absolute Gasteiger partial charge is 0.128 e. The first-order chi connectivity index (χ1) is 9.33. The highest BCUT2D eigenvalue weighted by molar-refractivity contribution is 5.68. The van der Waals surface area contributed by atoms with Crippen molar-refractivity contribution >= 4 is 5.52 Å². The van der Waals surface area contributed by atoms with Crippen molar-refractivity contribution in [2.24, 2.45) is 5.73 Å². The maximum atomic E-state index is 5.63. The van der Waals surface area contributed by atoms with E-state index in [9.17, 15) is 0 Å². The van der Waals surface area contributed by atoms with E-state index >= 15 is 0 Å². The lowest BCUT2D eigenvalue weighted by Crippen LogP contribution is -1.99. The van der Waals surface area contributed by atoms with Crippen LogP contribution in [-0.4, -0.2) is 21.7 Å². The van der Waals surface area contributed by atoms with Crippen LogP contribution in [0.15, 0.2) is 42.7 Å². The number of benzene rings is 1. The van der Waals surface area contributed by atoms with E-state index in [4.69, 9.17) is 10.5 Å². The fraction of sp³-hybridized carbons (Fsp3) is 0.143. The van der Waals surface area contributed by atoms with Crippen molar-refractivity contribution < 1.29 is 4.74 Å². The van der Waals surface area contributed by atoms with Crippen molar-refractivity contribution in [2.75, 3.05) is 7.11 Å². The molecule has 0 aliphatic heterocycles. The summed E-state index contributed by atoms with van der Waals surface area (Å²) in [7, 11) is 1.65. The first kappa shape index (κ1) is 11.7. The lowest BCUT2D eigenvalue weighted by atomic mass is 10.1. The Bertz CT molecular complexity index is 720. The third-order valence-corrected chi connectivity index (χ3v) is 3.06. The molecule has 0 radical (unpaired) electrons. The highest BCUT2D eigenvalue weighted by atomic mass is 16.5. The minimum Gasteiger partial charge on any atom is -0.496 e. The predicted octanol–water partition coefficient (Wildman–Crippen LogP) is 1.86. The Morgan fingerprint density at radius 3 is 2.84 bits per heavy atom. The highest BCUT2D eigenvalue weighted by Crippen LogP contribution is 2.28. The summed E-state index contributed by atoms with van der Waals surface area (Å²) in [5.74, 6) is 0.800. The molecule has 0 atom stereocenters. The second-order valence-corrected chi connectivity index (χ2v) is 4.14. The largest absolute Gasteiger partial charge is 0.496 e. The van der Waals surface area contributed by atoms with Crippen LogP contribution in [0, 0.1) is 0 Å². The summed E-state index contributed by atoms with van der Waals surface area (Å²) in [6, 6.07) is 11.7. The molecule has 0 saturated carbocycles. The fourth-order valence-corrected chi connectivity index (χ4v) is 2.10. The molecule has 0 saturated heterocycles. The highest BCUT2D eigenvalue weighted by Gasteiger charge is 2.09. The summed E-state index contributed by atoms with van der Waals surface area (Å²) in [6.45, 7) is 0.409. The second-order valence-electron chi connectivity index (χ2n) is 4.14. The molecule has 1 aromatic carbocycles. The molecule has 0 spiro atoms. The van der Waals surface area contributed by atoms with E-state index in [1.807, 2.05) is 36.4 Å². The van der Waals surface area contributed by atoms with Gasteiger partial charge >= 0.3 is 0 Å². The third kappa shape index (κ3) is 1.94. The van der Waals surface area contributed by atoms with Crippen LogP contribution in [0.25, 0.3) is 16.8 Å². The molecule has 0 aliphatic rings. The minimum absolute atomic E-state index is 0.409. The average Bonchev–Trinajstić information content (AvgIpc) is 2.89. The Hall–Kier alpha value is -2.40. The van der Waals surface area contributed by atoms with E-state index in [0.717, 1.165) is 28.2 Å². The molecule has 0 fully saturated rings. The zero-order valence-corrected chi connectivity index (χ0v) is 10.6. The maximum Gasteiger partial charge on any atom is 0.128 e. The molecule has 0 bridgehead atoms. The molecule has 3 aromatic rings. The van der Waals surface area contributed by atoms with Gasteiger partial charge in [-0.25, -0.2) is 9.50 Å². The normalized spacial score (nSPS) is 10.8. The van der Waals surface area contributed by atoms with Crippen LogP contribution in [-0.2, 0) is 6.54 Å². The van der Waals surface area contributed by atoms with Gasteiger partial charge in [0.05, 0.1) is 24.0 Å². The average molecular weight is 254 g/mol. The Morgan fingerprint density at radius 2 is 2.05 bits per heavy atom. The van der Waals surface area contributed by atoms with Crippen molar-refractivity contribution in [1.29, 1.82) is 0 Å². The summed E-state index contributed by atoms with van der Waals surface area (Å²) < 4.78 is 7.09. The number of aromatic nitrogens is 3. The monoisotopic (exact) mass is 254 g/mol. The molecule has 0 amide bonds. The molecule has 19 heavy (non-hydrogen) atoms. The van der Waals surface area contributed by atoms with Crippen LogP contribution < -0.4 is 10.5 Å². The van der Waals surface area contributed by atoms with E-state index in [-0.39, 0.29) is 0 Å². The standard InChI is InChI=1S/C14H14N4O/c1-19-14-5-3-2-4-10(14)11-6-7-13-12(8-15)16-9-18(13)17-11/h2-7,9H,8,15H2,1H3. The zero-order chi connectivity index (χ0) is 13.2. The van der Waals surface area contributed by atoms with Gasteiger partial charge in [0, 0.05) is 12.1 Å². The SMILES string of the molecule is COc1ccccc1-c1ccc2c(CN)ncn2n1. The van der Waals surface area contributed by atoms with Crippen molar-refractivity contribution in [2.45, 2.75) is 6.54 Å². The third-order valence-electron chi connectivity index (χ3n) is 3.06. The van der Waals surface area contributed by atoms with Crippen molar-refractivity contribution in [3.8, 4) is 17.0 Å². The number of imidazole rings is 1.